The number of benzene rings is 1. The lowest BCUT2D eigenvalue weighted by Crippen LogP contribution is -2.45. The Morgan fingerprint density at radius 3 is 2.74 bits per heavy atom. The minimum Gasteiger partial charge on any atom is -0.480 e. The average molecular weight is 419 g/mol. The number of nitrogen functional groups attached to an aromatic ring is 1. The van der Waals surface area contributed by atoms with E-state index in [2.05, 4.69) is 4.98 Å². The lowest BCUT2D eigenvalue weighted by Gasteiger charge is -2.33. The number of methoxy groups -OCH3 is 1. The van der Waals surface area contributed by atoms with Gasteiger partial charge in [0, 0.05) is 30.1 Å². The SMILES string of the molecule is COc1ncc(-c2ccc3nc4c(cc3c2)c(=O)n2n4CC3(CC2)OCCO3)cc1N. The van der Waals surface area contributed by atoms with Gasteiger partial charge in [0.2, 0.25) is 5.88 Å². The lowest BCUT2D eigenvalue weighted by molar-refractivity contribution is -0.187. The maximum atomic E-state index is 13.1. The summed E-state index contributed by atoms with van der Waals surface area (Å²) in [7, 11) is 1.54. The van der Waals surface area contributed by atoms with E-state index in [9.17, 15) is 4.79 Å². The predicted octanol–water partition coefficient (Wildman–Crippen LogP) is 2.15. The molecule has 9 heteroatoms. The van der Waals surface area contributed by atoms with Crippen LogP contribution in [0.2, 0.25) is 0 Å². The molecule has 2 aliphatic heterocycles. The quantitative estimate of drug-likeness (QED) is 0.531. The van der Waals surface area contributed by atoms with Crippen LogP contribution in [0.3, 0.4) is 0 Å². The monoisotopic (exact) mass is 419 g/mol. The Labute approximate surface area is 176 Å². The van der Waals surface area contributed by atoms with E-state index in [0.717, 1.165) is 22.0 Å². The van der Waals surface area contributed by atoms with Crippen molar-refractivity contribution in [3.05, 3.63) is 46.9 Å². The molecule has 0 atom stereocenters. The molecule has 3 aromatic heterocycles. The van der Waals surface area contributed by atoms with Gasteiger partial charge in [0.25, 0.3) is 5.56 Å². The Kier molecular flexibility index (Phi) is 3.87. The summed E-state index contributed by atoms with van der Waals surface area (Å²) in [5, 5.41) is 1.47. The van der Waals surface area contributed by atoms with Gasteiger partial charge < -0.3 is 19.9 Å². The van der Waals surface area contributed by atoms with E-state index in [4.69, 9.17) is 24.9 Å². The molecular weight excluding hydrogens is 398 g/mol. The summed E-state index contributed by atoms with van der Waals surface area (Å²) in [5.74, 6) is -0.256. The molecule has 1 saturated heterocycles. The minimum absolute atomic E-state index is 0.0435. The van der Waals surface area contributed by atoms with Gasteiger partial charge in [0.05, 0.1) is 43.5 Å². The van der Waals surface area contributed by atoms with Crippen molar-refractivity contribution in [3.63, 3.8) is 0 Å². The molecule has 0 amide bonds. The number of anilines is 1. The van der Waals surface area contributed by atoms with Gasteiger partial charge in [-0.15, -0.1) is 0 Å². The van der Waals surface area contributed by atoms with Crippen LogP contribution in [0.1, 0.15) is 6.42 Å². The number of rotatable bonds is 2. The Bertz CT molecular complexity index is 1400. The molecule has 0 aliphatic carbocycles. The predicted molar refractivity (Wildman–Crippen MR) is 115 cm³/mol. The summed E-state index contributed by atoms with van der Waals surface area (Å²) in [4.78, 5) is 22.1. The Hall–Kier alpha value is -3.43. The molecule has 2 aliphatic rings. The number of nitrogens with two attached hydrogens (primary N) is 1. The fraction of sp³-hybridized carbons (Fsp3) is 0.318. The molecule has 2 N–H and O–H groups in total. The zero-order valence-corrected chi connectivity index (χ0v) is 17.0. The van der Waals surface area contributed by atoms with E-state index in [0.29, 0.717) is 55.3 Å². The molecule has 9 nitrogen and oxygen atoms in total. The number of ether oxygens (including phenoxy) is 3. The second-order valence-electron chi connectivity index (χ2n) is 7.93. The highest BCUT2D eigenvalue weighted by Crippen LogP contribution is 2.32. The molecule has 5 heterocycles. The van der Waals surface area contributed by atoms with E-state index in [-0.39, 0.29) is 5.56 Å². The minimum atomic E-state index is -0.653. The van der Waals surface area contributed by atoms with Gasteiger partial charge >= 0.3 is 0 Å². The first kappa shape index (κ1) is 18.3. The standard InChI is InChI=1S/C22H21N5O4/c1-29-20-17(23)10-15(11-24-20)13-2-3-18-14(8-13)9-16-19(25-18)27-12-22(30-6-7-31-22)4-5-26(27)21(16)28/h2-3,8-11H,4-7,12,23H2,1H3. The number of aromatic nitrogens is 4. The van der Waals surface area contributed by atoms with E-state index in [1.165, 1.54) is 7.11 Å². The van der Waals surface area contributed by atoms with Crippen LogP contribution in [0.25, 0.3) is 33.1 Å². The summed E-state index contributed by atoms with van der Waals surface area (Å²) in [5.41, 5.74) is 9.70. The Balaban J connectivity index is 1.48. The highest BCUT2D eigenvalue weighted by atomic mass is 16.7. The van der Waals surface area contributed by atoms with Crippen LogP contribution < -0.4 is 16.0 Å². The summed E-state index contributed by atoms with van der Waals surface area (Å²) in [6, 6.07) is 9.65. The van der Waals surface area contributed by atoms with Crippen LogP contribution in [0.15, 0.2) is 41.3 Å². The topological polar surface area (TPSA) is 106 Å². The highest BCUT2D eigenvalue weighted by molar-refractivity contribution is 5.93. The number of fused-ring (bicyclic) bond motifs is 4. The normalized spacial score (nSPS) is 17.5. The maximum Gasteiger partial charge on any atom is 0.276 e. The highest BCUT2D eigenvalue weighted by Gasteiger charge is 2.41. The lowest BCUT2D eigenvalue weighted by atomic mass is 10.0. The molecule has 31 heavy (non-hydrogen) atoms. The molecule has 0 unspecified atom stereocenters. The van der Waals surface area contributed by atoms with Gasteiger partial charge in [-0.3, -0.25) is 9.48 Å². The van der Waals surface area contributed by atoms with Crippen LogP contribution >= 0.6 is 0 Å². The van der Waals surface area contributed by atoms with Crippen molar-refractivity contribution in [2.45, 2.75) is 25.3 Å². The van der Waals surface area contributed by atoms with Gasteiger partial charge in [0.15, 0.2) is 11.4 Å². The van der Waals surface area contributed by atoms with E-state index in [1.54, 1.807) is 10.9 Å². The van der Waals surface area contributed by atoms with Gasteiger partial charge in [-0.2, -0.15) is 0 Å². The maximum absolute atomic E-state index is 13.1. The average Bonchev–Trinajstić information content (AvgIpc) is 3.34. The molecule has 158 valence electrons. The first-order chi connectivity index (χ1) is 15.1. The Morgan fingerprint density at radius 2 is 1.97 bits per heavy atom. The third-order valence-electron chi connectivity index (χ3n) is 6.11. The second kappa shape index (κ2) is 6.53. The first-order valence-corrected chi connectivity index (χ1v) is 10.2. The fourth-order valence-electron chi connectivity index (χ4n) is 4.56. The summed E-state index contributed by atoms with van der Waals surface area (Å²) in [6.45, 7) is 2.15. The smallest absolute Gasteiger partial charge is 0.276 e. The largest absolute Gasteiger partial charge is 0.480 e. The van der Waals surface area contributed by atoms with Crippen molar-refractivity contribution >= 4 is 27.6 Å². The van der Waals surface area contributed by atoms with Crippen molar-refractivity contribution in [2.24, 2.45) is 0 Å². The number of nitrogens with zero attached hydrogens (tertiary/aromatic N) is 4. The van der Waals surface area contributed by atoms with Crippen LogP contribution in [-0.2, 0) is 22.6 Å². The molecule has 0 bridgehead atoms. The van der Waals surface area contributed by atoms with E-state index < -0.39 is 5.79 Å². The first-order valence-electron chi connectivity index (χ1n) is 10.2. The molecule has 1 spiro atoms. The van der Waals surface area contributed by atoms with Crippen molar-refractivity contribution in [2.75, 3.05) is 26.1 Å². The molecule has 4 aromatic rings. The van der Waals surface area contributed by atoms with Crippen molar-refractivity contribution in [1.82, 2.24) is 19.3 Å². The second-order valence-corrected chi connectivity index (χ2v) is 7.93. The van der Waals surface area contributed by atoms with Crippen LogP contribution in [-0.4, -0.2) is 45.4 Å². The fourth-order valence-corrected chi connectivity index (χ4v) is 4.56. The number of hydrogen-bond donors (Lipinski definition) is 1. The molecule has 1 fully saturated rings. The van der Waals surface area contributed by atoms with Gasteiger partial charge in [-0.25, -0.2) is 14.6 Å². The third kappa shape index (κ3) is 2.74. The van der Waals surface area contributed by atoms with E-state index >= 15 is 0 Å². The third-order valence-corrected chi connectivity index (χ3v) is 6.11. The Morgan fingerprint density at radius 1 is 1.13 bits per heavy atom. The number of pyridine rings is 2. The van der Waals surface area contributed by atoms with Gasteiger partial charge in [-0.05, 0) is 29.8 Å². The van der Waals surface area contributed by atoms with Crippen molar-refractivity contribution in [3.8, 4) is 17.0 Å². The van der Waals surface area contributed by atoms with Crippen molar-refractivity contribution in [1.29, 1.82) is 0 Å². The number of hydrogen-bond acceptors (Lipinski definition) is 7. The summed E-state index contributed by atoms with van der Waals surface area (Å²) >= 11 is 0. The summed E-state index contributed by atoms with van der Waals surface area (Å²) < 4.78 is 20.5. The molecular formula is C22H21N5O4. The van der Waals surface area contributed by atoms with Crippen LogP contribution in [0.5, 0.6) is 5.88 Å². The molecule has 1 aromatic carbocycles. The van der Waals surface area contributed by atoms with Gasteiger partial charge in [-0.1, -0.05) is 6.07 Å². The molecule has 0 radical (unpaired) electrons. The zero-order chi connectivity index (χ0) is 21.2. The van der Waals surface area contributed by atoms with Crippen LogP contribution in [0.4, 0.5) is 5.69 Å². The van der Waals surface area contributed by atoms with Crippen LogP contribution in [0, 0.1) is 0 Å². The van der Waals surface area contributed by atoms with E-state index in [1.807, 2.05) is 35.0 Å². The van der Waals surface area contributed by atoms with Gasteiger partial charge in [0.1, 0.15) is 0 Å². The molecule has 0 saturated carbocycles. The molecule has 6 rings (SSSR count). The summed E-state index contributed by atoms with van der Waals surface area (Å²) in [6.07, 6.45) is 2.37. The zero-order valence-electron chi connectivity index (χ0n) is 17.0. The van der Waals surface area contributed by atoms with Crippen molar-refractivity contribution < 1.29 is 14.2 Å².